The van der Waals surface area contributed by atoms with Crippen molar-refractivity contribution < 1.29 is 9.53 Å². The van der Waals surface area contributed by atoms with E-state index in [1.165, 1.54) is 12.8 Å². The molecular formula is C11H20ClNO2. The molecule has 0 amide bonds. The molecule has 3 nitrogen and oxygen atoms in total. The van der Waals surface area contributed by atoms with Crippen LogP contribution in [0.2, 0.25) is 0 Å². The van der Waals surface area contributed by atoms with Gasteiger partial charge in [0.1, 0.15) is 6.10 Å². The molecule has 0 radical (unpaired) electrons. The Balaban J connectivity index is 0.00000112. The summed E-state index contributed by atoms with van der Waals surface area (Å²) in [5, 5.41) is 3.27. The SMILES string of the molecule is Cl.O=C(OC1CCNCC1)C1CCCC1. The molecule has 0 bridgehead atoms. The van der Waals surface area contributed by atoms with Crippen LogP contribution < -0.4 is 5.32 Å². The Morgan fingerprint density at radius 1 is 1.07 bits per heavy atom. The lowest BCUT2D eigenvalue weighted by atomic mass is 10.1. The average molecular weight is 234 g/mol. The fourth-order valence-electron chi connectivity index (χ4n) is 2.34. The maximum absolute atomic E-state index is 11.7. The second kappa shape index (κ2) is 6.33. The molecule has 2 aliphatic rings. The van der Waals surface area contributed by atoms with Crippen molar-refractivity contribution in [3.8, 4) is 0 Å². The van der Waals surface area contributed by atoms with Crippen molar-refractivity contribution in [3.05, 3.63) is 0 Å². The lowest BCUT2D eigenvalue weighted by Gasteiger charge is -2.24. The zero-order valence-electron chi connectivity index (χ0n) is 9.04. The molecule has 0 aromatic heterocycles. The molecule has 1 aliphatic heterocycles. The first-order valence-electron chi connectivity index (χ1n) is 5.77. The van der Waals surface area contributed by atoms with Gasteiger partial charge in [-0.05, 0) is 38.8 Å². The number of ether oxygens (including phenoxy) is 1. The summed E-state index contributed by atoms with van der Waals surface area (Å²) in [5.41, 5.74) is 0. The van der Waals surface area contributed by atoms with Crippen LogP contribution in [0.3, 0.4) is 0 Å². The van der Waals surface area contributed by atoms with E-state index < -0.39 is 0 Å². The first kappa shape index (κ1) is 12.8. The summed E-state index contributed by atoms with van der Waals surface area (Å²) < 4.78 is 5.50. The van der Waals surface area contributed by atoms with Crippen LogP contribution in [0, 0.1) is 5.92 Å². The van der Waals surface area contributed by atoms with Crippen LogP contribution in [-0.4, -0.2) is 25.2 Å². The van der Waals surface area contributed by atoms with Crippen molar-refractivity contribution in [2.24, 2.45) is 5.92 Å². The van der Waals surface area contributed by atoms with E-state index in [1.807, 2.05) is 0 Å². The molecule has 1 aliphatic carbocycles. The van der Waals surface area contributed by atoms with Gasteiger partial charge >= 0.3 is 5.97 Å². The summed E-state index contributed by atoms with van der Waals surface area (Å²) in [6, 6.07) is 0. The highest BCUT2D eigenvalue weighted by atomic mass is 35.5. The molecule has 0 atom stereocenters. The summed E-state index contributed by atoms with van der Waals surface area (Å²) in [6.07, 6.45) is 6.65. The number of halogens is 1. The Hall–Kier alpha value is -0.280. The Labute approximate surface area is 97.4 Å². The van der Waals surface area contributed by atoms with Crippen molar-refractivity contribution in [1.82, 2.24) is 5.32 Å². The molecule has 1 saturated carbocycles. The van der Waals surface area contributed by atoms with Crippen molar-refractivity contribution in [2.75, 3.05) is 13.1 Å². The Bertz CT molecular complexity index is 199. The molecular weight excluding hydrogens is 214 g/mol. The quantitative estimate of drug-likeness (QED) is 0.741. The van der Waals surface area contributed by atoms with Crippen LogP contribution in [0.25, 0.3) is 0 Å². The fraction of sp³-hybridized carbons (Fsp3) is 0.909. The van der Waals surface area contributed by atoms with Crippen LogP contribution in [0.4, 0.5) is 0 Å². The molecule has 88 valence electrons. The molecule has 2 rings (SSSR count). The molecule has 2 fully saturated rings. The largest absolute Gasteiger partial charge is 0.462 e. The highest BCUT2D eigenvalue weighted by Crippen LogP contribution is 2.26. The Kier molecular flexibility index (Phi) is 5.40. The first-order valence-corrected chi connectivity index (χ1v) is 5.77. The van der Waals surface area contributed by atoms with Gasteiger partial charge in [-0.15, -0.1) is 12.4 Å². The van der Waals surface area contributed by atoms with Crippen molar-refractivity contribution >= 4 is 18.4 Å². The topological polar surface area (TPSA) is 38.3 Å². The monoisotopic (exact) mass is 233 g/mol. The lowest BCUT2D eigenvalue weighted by molar-refractivity contribution is -0.155. The third-order valence-electron chi connectivity index (χ3n) is 3.26. The van der Waals surface area contributed by atoms with Gasteiger partial charge in [-0.1, -0.05) is 12.8 Å². The summed E-state index contributed by atoms with van der Waals surface area (Å²) >= 11 is 0. The van der Waals surface area contributed by atoms with Gasteiger partial charge in [-0.25, -0.2) is 0 Å². The minimum absolute atomic E-state index is 0. The van der Waals surface area contributed by atoms with Gasteiger partial charge in [-0.2, -0.15) is 0 Å². The van der Waals surface area contributed by atoms with Gasteiger partial charge in [0.25, 0.3) is 0 Å². The predicted molar refractivity (Wildman–Crippen MR) is 61.2 cm³/mol. The average Bonchev–Trinajstić information content (AvgIpc) is 2.72. The molecule has 0 aromatic carbocycles. The Morgan fingerprint density at radius 3 is 2.27 bits per heavy atom. The molecule has 0 aromatic rings. The molecule has 1 heterocycles. The van der Waals surface area contributed by atoms with Gasteiger partial charge < -0.3 is 10.1 Å². The third-order valence-corrected chi connectivity index (χ3v) is 3.26. The number of piperidine rings is 1. The van der Waals surface area contributed by atoms with Gasteiger partial charge in [0, 0.05) is 0 Å². The Morgan fingerprint density at radius 2 is 1.67 bits per heavy atom. The molecule has 0 unspecified atom stereocenters. The second-order valence-corrected chi connectivity index (χ2v) is 4.37. The van der Waals surface area contributed by atoms with E-state index in [9.17, 15) is 4.79 Å². The normalized spacial score (nSPS) is 23.5. The number of carbonyl (C=O) groups is 1. The van der Waals surface area contributed by atoms with E-state index >= 15 is 0 Å². The van der Waals surface area contributed by atoms with Crippen LogP contribution >= 0.6 is 12.4 Å². The smallest absolute Gasteiger partial charge is 0.309 e. The van der Waals surface area contributed by atoms with Crippen molar-refractivity contribution in [1.29, 1.82) is 0 Å². The number of esters is 1. The summed E-state index contributed by atoms with van der Waals surface area (Å²) in [6.45, 7) is 1.98. The minimum Gasteiger partial charge on any atom is -0.462 e. The molecule has 0 spiro atoms. The zero-order valence-corrected chi connectivity index (χ0v) is 9.85. The number of carbonyl (C=O) groups excluding carboxylic acids is 1. The van der Waals surface area contributed by atoms with Crippen LogP contribution in [0.15, 0.2) is 0 Å². The van der Waals surface area contributed by atoms with Crippen molar-refractivity contribution in [2.45, 2.75) is 44.6 Å². The highest BCUT2D eigenvalue weighted by Gasteiger charge is 2.26. The lowest BCUT2D eigenvalue weighted by Crippen LogP contribution is -2.34. The van der Waals surface area contributed by atoms with E-state index in [1.54, 1.807) is 0 Å². The molecule has 1 saturated heterocycles. The predicted octanol–water partition coefficient (Wildman–Crippen LogP) is 1.89. The van der Waals surface area contributed by atoms with Gasteiger partial charge in [-0.3, -0.25) is 4.79 Å². The minimum atomic E-state index is 0. The highest BCUT2D eigenvalue weighted by molar-refractivity contribution is 5.85. The van der Waals surface area contributed by atoms with Crippen LogP contribution in [-0.2, 0) is 9.53 Å². The number of hydrogen-bond donors (Lipinski definition) is 1. The maximum Gasteiger partial charge on any atom is 0.309 e. The summed E-state index contributed by atoms with van der Waals surface area (Å²) in [4.78, 5) is 11.7. The van der Waals surface area contributed by atoms with Crippen LogP contribution in [0.1, 0.15) is 38.5 Å². The number of hydrogen-bond acceptors (Lipinski definition) is 3. The van der Waals surface area contributed by atoms with Crippen LogP contribution in [0.5, 0.6) is 0 Å². The third kappa shape index (κ3) is 3.65. The van der Waals surface area contributed by atoms with E-state index in [4.69, 9.17) is 4.74 Å². The summed E-state index contributed by atoms with van der Waals surface area (Å²) in [5.74, 6) is 0.277. The standard InChI is InChI=1S/C11H19NO2.ClH/c13-11(9-3-1-2-4-9)14-10-5-7-12-8-6-10;/h9-10,12H,1-8H2;1H. The van der Waals surface area contributed by atoms with E-state index in [2.05, 4.69) is 5.32 Å². The maximum atomic E-state index is 11.7. The van der Waals surface area contributed by atoms with E-state index in [0.717, 1.165) is 38.8 Å². The zero-order chi connectivity index (χ0) is 9.80. The van der Waals surface area contributed by atoms with E-state index in [-0.39, 0.29) is 30.4 Å². The van der Waals surface area contributed by atoms with Gasteiger partial charge in [0.05, 0.1) is 5.92 Å². The van der Waals surface area contributed by atoms with Gasteiger partial charge in [0.15, 0.2) is 0 Å². The summed E-state index contributed by atoms with van der Waals surface area (Å²) in [7, 11) is 0. The number of nitrogens with one attached hydrogen (secondary N) is 1. The van der Waals surface area contributed by atoms with E-state index in [0.29, 0.717) is 0 Å². The first-order chi connectivity index (χ1) is 6.86. The molecule has 15 heavy (non-hydrogen) atoms. The fourth-order valence-corrected chi connectivity index (χ4v) is 2.34. The molecule has 1 N–H and O–H groups in total. The molecule has 4 heteroatoms. The van der Waals surface area contributed by atoms with Crippen molar-refractivity contribution in [3.63, 3.8) is 0 Å². The number of rotatable bonds is 2. The van der Waals surface area contributed by atoms with Gasteiger partial charge in [0.2, 0.25) is 0 Å². The second-order valence-electron chi connectivity index (χ2n) is 4.37.